The Labute approximate surface area is 152 Å². The smallest absolute Gasteiger partial charge is 0.338 e. The molecule has 142 valence electrons. The third kappa shape index (κ3) is 3.37. The summed E-state index contributed by atoms with van der Waals surface area (Å²) in [5.41, 5.74) is 0.489. The summed E-state index contributed by atoms with van der Waals surface area (Å²) < 4.78 is 35.3. The van der Waals surface area contributed by atoms with Crippen LogP contribution in [0.3, 0.4) is 0 Å². The molecule has 0 aromatic heterocycles. The van der Waals surface area contributed by atoms with E-state index in [0.29, 0.717) is 5.56 Å². The highest BCUT2D eigenvalue weighted by Crippen LogP contribution is 2.44. The Morgan fingerprint density at radius 1 is 0.923 bits per heavy atom. The van der Waals surface area contributed by atoms with Crippen molar-refractivity contribution >= 4 is 5.97 Å². The lowest BCUT2D eigenvalue weighted by molar-refractivity contribution is -0.240. The lowest BCUT2D eigenvalue weighted by atomic mass is 9.99. The van der Waals surface area contributed by atoms with Crippen LogP contribution in [0.15, 0.2) is 30.3 Å². The van der Waals surface area contributed by atoms with Crippen molar-refractivity contribution in [2.24, 2.45) is 0 Å². The van der Waals surface area contributed by atoms with Gasteiger partial charge in [0.1, 0.15) is 31.0 Å². The minimum atomic E-state index is -0.772. The number of esters is 1. The van der Waals surface area contributed by atoms with E-state index >= 15 is 0 Å². The Bertz CT molecular complexity index is 672. The molecule has 7 nitrogen and oxygen atoms in total. The molecule has 7 heteroatoms. The first-order valence-electron chi connectivity index (χ1n) is 8.83. The second kappa shape index (κ2) is 6.28. The summed E-state index contributed by atoms with van der Waals surface area (Å²) >= 11 is 0. The Balaban J connectivity index is 1.48. The lowest BCUT2D eigenvalue weighted by Crippen LogP contribution is -2.56. The molecular formula is C19H24O7. The minimum absolute atomic E-state index is 0.0430. The quantitative estimate of drug-likeness (QED) is 0.762. The van der Waals surface area contributed by atoms with Gasteiger partial charge in [-0.05, 0) is 39.8 Å². The van der Waals surface area contributed by atoms with Crippen molar-refractivity contribution in [2.45, 2.75) is 70.0 Å². The predicted octanol–water partition coefficient (Wildman–Crippen LogP) is 2.24. The zero-order chi connectivity index (χ0) is 18.5. The van der Waals surface area contributed by atoms with Gasteiger partial charge in [0.25, 0.3) is 0 Å². The van der Waals surface area contributed by atoms with E-state index in [1.54, 1.807) is 24.3 Å². The molecule has 3 fully saturated rings. The number of rotatable bonds is 3. The Hall–Kier alpha value is -1.51. The summed E-state index contributed by atoms with van der Waals surface area (Å²) in [5, 5.41) is 0. The van der Waals surface area contributed by atoms with Crippen molar-refractivity contribution in [2.75, 3.05) is 6.61 Å². The van der Waals surface area contributed by atoms with Crippen LogP contribution in [0.1, 0.15) is 38.1 Å². The van der Waals surface area contributed by atoms with Crippen LogP contribution in [0.4, 0.5) is 0 Å². The maximum absolute atomic E-state index is 12.2. The average Bonchev–Trinajstić information content (AvgIpc) is 3.07. The van der Waals surface area contributed by atoms with E-state index in [1.807, 2.05) is 33.8 Å². The fourth-order valence-corrected chi connectivity index (χ4v) is 3.64. The van der Waals surface area contributed by atoms with Crippen LogP contribution in [0.2, 0.25) is 0 Å². The van der Waals surface area contributed by atoms with Crippen molar-refractivity contribution in [3.8, 4) is 0 Å². The van der Waals surface area contributed by atoms with Gasteiger partial charge in [0, 0.05) is 0 Å². The Kier molecular flexibility index (Phi) is 4.32. The topological polar surface area (TPSA) is 72.5 Å². The van der Waals surface area contributed by atoms with E-state index in [4.69, 9.17) is 28.4 Å². The van der Waals surface area contributed by atoms with Crippen LogP contribution in [0.25, 0.3) is 0 Å². The minimum Gasteiger partial charge on any atom is -0.459 e. The van der Waals surface area contributed by atoms with E-state index < -0.39 is 42.1 Å². The molecule has 1 aromatic carbocycles. The zero-order valence-corrected chi connectivity index (χ0v) is 15.3. The molecule has 3 aliphatic rings. The average molecular weight is 364 g/mol. The molecule has 0 unspecified atom stereocenters. The number of hydrogen-bond donors (Lipinski definition) is 0. The summed E-state index contributed by atoms with van der Waals surface area (Å²) in [6.07, 6.45) is -2.26. The molecule has 1 aromatic rings. The molecule has 0 aliphatic carbocycles. The van der Waals surface area contributed by atoms with Crippen LogP contribution in [0.5, 0.6) is 0 Å². The van der Waals surface area contributed by atoms with Gasteiger partial charge in [0.05, 0.1) is 5.56 Å². The van der Waals surface area contributed by atoms with Crippen molar-refractivity contribution < 1.29 is 33.2 Å². The number of hydrogen-bond acceptors (Lipinski definition) is 7. The molecule has 0 amide bonds. The van der Waals surface area contributed by atoms with Crippen molar-refractivity contribution in [1.29, 1.82) is 0 Å². The molecule has 3 heterocycles. The molecule has 5 atom stereocenters. The van der Waals surface area contributed by atoms with Crippen LogP contribution < -0.4 is 0 Å². The van der Waals surface area contributed by atoms with Gasteiger partial charge < -0.3 is 28.4 Å². The monoisotopic (exact) mass is 364 g/mol. The summed E-state index contributed by atoms with van der Waals surface area (Å²) in [7, 11) is 0. The zero-order valence-electron chi connectivity index (χ0n) is 15.3. The van der Waals surface area contributed by atoms with E-state index in [0.717, 1.165) is 0 Å². The van der Waals surface area contributed by atoms with Gasteiger partial charge in [0.15, 0.2) is 17.9 Å². The van der Waals surface area contributed by atoms with E-state index in [9.17, 15) is 4.79 Å². The number of ether oxygens (including phenoxy) is 6. The van der Waals surface area contributed by atoms with Gasteiger partial charge >= 0.3 is 5.97 Å². The molecule has 3 aliphatic heterocycles. The summed E-state index contributed by atoms with van der Waals surface area (Å²) in [6, 6.07) is 8.83. The molecular weight excluding hydrogens is 340 g/mol. The highest BCUT2D eigenvalue weighted by molar-refractivity contribution is 5.89. The van der Waals surface area contributed by atoms with Gasteiger partial charge in [-0.1, -0.05) is 18.2 Å². The second-order valence-corrected chi connectivity index (χ2v) is 7.67. The lowest BCUT2D eigenvalue weighted by Gasteiger charge is -2.36. The van der Waals surface area contributed by atoms with Crippen LogP contribution >= 0.6 is 0 Å². The van der Waals surface area contributed by atoms with Gasteiger partial charge in [-0.3, -0.25) is 0 Å². The third-order valence-electron chi connectivity index (χ3n) is 4.64. The predicted molar refractivity (Wildman–Crippen MR) is 89.2 cm³/mol. The number of carbonyl (C=O) groups excluding carboxylic acids is 1. The summed E-state index contributed by atoms with van der Waals surface area (Å²) in [5.74, 6) is -1.95. The van der Waals surface area contributed by atoms with Crippen LogP contribution in [-0.4, -0.2) is 54.9 Å². The maximum atomic E-state index is 12.2. The first-order valence-corrected chi connectivity index (χ1v) is 8.83. The highest BCUT2D eigenvalue weighted by Gasteiger charge is 2.60. The summed E-state index contributed by atoms with van der Waals surface area (Å²) in [4.78, 5) is 12.2. The van der Waals surface area contributed by atoms with Gasteiger partial charge in [-0.25, -0.2) is 4.79 Å². The molecule has 4 rings (SSSR count). The highest BCUT2D eigenvalue weighted by atomic mass is 16.9. The molecule has 0 saturated carbocycles. The van der Waals surface area contributed by atoms with Crippen LogP contribution in [-0.2, 0) is 28.4 Å². The summed E-state index contributed by atoms with van der Waals surface area (Å²) in [6.45, 7) is 7.38. The third-order valence-corrected chi connectivity index (χ3v) is 4.64. The molecule has 3 saturated heterocycles. The molecule has 26 heavy (non-hydrogen) atoms. The normalized spacial score (nSPS) is 37.0. The largest absolute Gasteiger partial charge is 0.459 e. The van der Waals surface area contributed by atoms with Crippen molar-refractivity contribution in [1.82, 2.24) is 0 Å². The van der Waals surface area contributed by atoms with Crippen molar-refractivity contribution in [3.05, 3.63) is 35.9 Å². The van der Waals surface area contributed by atoms with E-state index in [-0.39, 0.29) is 12.7 Å². The Morgan fingerprint density at radius 3 is 2.27 bits per heavy atom. The molecule has 0 bridgehead atoms. The molecule has 0 N–H and O–H groups in total. The fourth-order valence-electron chi connectivity index (χ4n) is 3.64. The van der Waals surface area contributed by atoms with Crippen molar-refractivity contribution in [3.63, 3.8) is 0 Å². The number of fused-ring (bicyclic) bond motifs is 3. The van der Waals surface area contributed by atoms with Gasteiger partial charge in [-0.15, -0.1) is 0 Å². The second-order valence-electron chi connectivity index (χ2n) is 7.67. The van der Waals surface area contributed by atoms with E-state index in [2.05, 4.69) is 0 Å². The number of carbonyl (C=O) groups is 1. The first kappa shape index (κ1) is 17.9. The van der Waals surface area contributed by atoms with Crippen LogP contribution in [0, 0.1) is 0 Å². The standard InChI is InChI=1S/C19H24O7/c1-18(2)23-13-12(10-21-16(20)11-8-6-5-7-9-11)22-17-15(14(13)24-18)25-19(3,4)26-17/h5-9,12-15,17H,10H2,1-4H3/t12-,13+,14+,15-,17+/m1/s1. The SMILES string of the molecule is CC1(C)O[C@H]2[C@@H](O1)[C@@H](COC(=O)c1ccccc1)O[C@H]1OC(C)(C)O[C@@H]12. The van der Waals surface area contributed by atoms with Gasteiger partial charge in [-0.2, -0.15) is 0 Å². The molecule has 0 radical (unpaired) electrons. The van der Waals surface area contributed by atoms with Gasteiger partial charge in [0.2, 0.25) is 0 Å². The fraction of sp³-hybridized carbons (Fsp3) is 0.632. The first-order chi connectivity index (χ1) is 12.2. The maximum Gasteiger partial charge on any atom is 0.338 e. The van der Waals surface area contributed by atoms with E-state index in [1.165, 1.54) is 0 Å². The molecule has 0 spiro atoms. The number of benzene rings is 1. The Morgan fingerprint density at radius 2 is 1.54 bits per heavy atom.